The van der Waals surface area contributed by atoms with E-state index < -0.39 is 0 Å². The third kappa shape index (κ3) is 5.18. The predicted molar refractivity (Wildman–Crippen MR) is 67.8 cm³/mol. The van der Waals surface area contributed by atoms with Crippen LogP contribution in [0, 0.1) is 11.7 Å². The first-order valence-electron chi connectivity index (χ1n) is 5.67. The highest BCUT2D eigenvalue weighted by Gasteiger charge is 2.10. The number of carbonyl (C=O) groups excluding carboxylic acids is 1. The molecule has 1 N–H and O–H groups in total. The van der Waals surface area contributed by atoms with Crippen LogP contribution >= 0.6 is 11.6 Å². The van der Waals surface area contributed by atoms with Gasteiger partial charge in [-0.3, -0.25) is 4.79 Å². The highest BCUT2D eigenvalue weighted by molar-refractivity contribution is 6.20. The first-order chi connectivity index (χ1) is 7.99. The van der Waals surface area contributed by atoms with E-state index in [0.29, 0.717) is 18.0 Å². The number of halogens is 2. The third-order valence-electron chi connectivity index (χ3n) is 2.32. The Kier molecular flexibility index (Phi) is 5.42. The van der Waals surface area contributed by atoms with Crippen molar-refractivity contribution in [1.82, 2.24) is 5.32 Å². The molecule has 1 atom stereocenters. The van der Waals surface area contributed by atoms with Crippen molar-refractivity contribution in [1.29, 1.82) is 0 Å². The Morgan fingerprint density at radius 3 is 2.47 bits per heavy atom. The smallest absolute Gasteiger partial charge is 0.251 e. The summed E-state index contributed by atoms with van der Waals surface area (Å²) in [6.45, 7) is 4.59. The normalized spacial score (nSPS) is 12.5. The van der Waals surface area contributed by atoms with Gasteiger partial charge in [0.05, 0.1) is 5.38 Å². The fourth-order valence-electron chi connectivity index (χ4n) is 1.50. The Morgan fingerprint density at radius 1 is 1.35 bits per heavy atom. The van der Waals surface area contributed by atoms with Gasteiger partial charge in [0.25, 0.3) is 5.91 Å². The molecule has 1 unspecified atom stereocenters. The molecule has 0 heterocycles. The summed E-state index contributed by atoms with van der Waals surface area (Å²) in [5.74, 6) is -0.0730. The summed E-state index contributed by atoms with van der Waals surface area (Å²) in [6.07, 6.45) is 0.852. The average molecular weight is 258 g/mol. The van der Waals surface area contributed by atoms with Crippen LogP contribution in [0.1, 0.15) is 30.6 Å². The van der Waals surface area contributed by atoms with Crippen LogP contribution in [-0.4, -0.2) is 17.8 Å². The molecule has 0 radical (unpaired) electrons. The van der Waals surface area contributed by atoms with Crippen molar-refractivity contribution < 1.29 is 9.18 Å². The van der Waals surface area contributed by atoms with Gasteiger partial charge < -0.3 is 5.32 Å². The molecule has 0 fully saturated rings. The molecule has 0 spiro atoms. The van der Waals surface area contributed by atoms with E-state index in [2.05, 4.69) is 19.2 Å². The molecule has 1 aromatic rings. The van der Waals surface area contributed by atoms with E-state index in [1.807, 2.05) is 0 Å². The van der Waals surface area contributed by atoms with Crippen LogP contribution in [0.2, 0.25) is 0 Å². The van der Waals surface area contributed by atoms with Gasteiger partial charge in [0.15, 0.2) is 0 Å². The van der Waals surface area contributed by atoms with Gasteiger partial charge in [0.2, 0.25) is 0 Å². The minimum Gasteiger partial charge on any atom is -0.351 e. The van der Waals surface area contributed by atoms with Crippen LogP contribution in [0.5, 0.6) is 0 Å². The molecule has 0 aromatic heterocycles. The molecule has 0 aliphatic rings. The lowest BCUT2D eigenvalue weighted by Gasteiger charge is -2.12. The largest absolute Gasteiger partial charge is 0.351 e. The summed E-state index contributed by atoms with van der Waals surface area (Å²) < 4.78 is 12.7. The van der Waals surface area contributed by atoms with Crippen LogP contribution in [0.15, 0.2) is 24.3 Å². The maximum Gasteiger partial charge on any atom is 0.251 e. The molecular formula is C13H17ClFNO. The molecule has 17 heavy (non-hydrogen) atoms. The van der Waals surface area contributed by atoms with Crippen molar-refractivity contribution in [3.8, 4) is 0 Å². The third-order valence-corrected chi connectivity index (χ3v) is 2.65. The molecule has 0 aliphatic carbocycles. The number of hydrogen-bond donors (Lipinski definition) is 1. The van der Waals surface area contributed by atoms with Gasteiger partial charge in [0.1, 0.15) is 5.82 Å². The second kappa shape index (κ2) is 6.60. The van der Waals surface area contributed by atoms with Gasteiger partial charge in [-0.25, -0.2) is 4.39 Å². The van der Waals surface area contributed by atoms with Gasteiger partial charge in [0, 0.05) is 12.1 Å². The van der Waals surface area contributed by atoms with Crippen molar-refractivity contribution in [3.63, 3.8) is 0 Å². The molecule has 1 rings (SSSR count). The van der Waals surface area contributed by atoms with E-state index in [0.717, 1.165) is 6.42 Å². The van der Waals surface area contributed by atoms with E-state index in [1.165, 1.54) is 24.3 Å². The highest BCUT2D eigenvalue weighted by atomic mass is 35.5. The number of carbonyl (C=O) groups is 1. The Bertz CT molecular complexity index is 364. The molecule has 1 amide bonds. The van der Waals surface area contributed by atoms with Crippen molar-refractivity contribution in [2.45, 2.75) is 25.6 Å². The Labute approximate surface area is 106 Å². The lowest BCUT2D eigenvalue weighted by molar-refractivity contribution is 0.0953. The topological polar surface area (TPSA) is 29.1 Å². The predicted octanol–water partition coefficient (Wildman–Crippen LogP) is 3.21. The monoisotopic (exact) mass is 257 g/mol. The molecule has 0 aliphatic heterocycles. The number of alkyl halides is 1. The second-order valence-corrected chi connectivity index (χ2v) is 5.06. The SMILES string of the molecule is CC(C)CC(Cl)CNC(=O)c1ccc(F)cc1. The second-order valence-electron chi connectivity index (χ2n) is 4.44. The Balaban J connectivity index is 2.42. The molecule has 0 saturated carbocycles. The summed E-state index contributed by atoms with van der Waals surface area (Å²) >= 11 is 6.06. The number of hydrogen-bond acceptors (Lipinski definition) is 1. The maximum absolute atomic E-state index is 12.7. The van der Waals surface area contributed by atoms with Gasteiger partial charge in [-0.05, 0) is 36.6 Å². The minimum atomic E-state index is -0.350. The molecule has 2 nitrogen and oxygen atoms in total. The summed E-state index contributed by atoms with van der Waals surface area (Å²) in [4.78, 5) is 11.7. The number of benzene rings is 1. The molecule has 4 heteroatoms. The van der Waals surface area contributed by atoms with Crippen molar-refractivity contribution in [2.24, 2.45) is 5.92 Å². The lowest BCUT2D eigenvalue weighted by atomic mass is 10.1. The van der Waals surface area contributed by atoms with E-state index in [-0.39, 0.29) is 17.1 Å². The summed E-state index contributed by atoms with van der Waals surface area (Å²) in [7, 11) is 0. The zero-order chi connectivity index (χ0) is 12.8. The zero-order valence-electron chi connectivity index (χ0n) is 10.0. The van der Waals surface area contributed by atoms with Gasteiger partial charge in [-0.2, -0.15) is 0 Å². The first kappa shape index (κ1) is 14.0. The standard InChI is InChI=1S/C13H17ClFNO/c1-9(2)7-11(14)8-16-13(17)10-3-5-12(15)6-4-10/h3-6,9,11H,7-8H2,1-2H3,(H,16,17). The fraction of sp³-hybridized carbons (Fsp3) is 0.462. The van der Waals surface area contributed by atoms with Crippen molar-refractivity contribution in [2.75, 3.05) is 6.54 Å². The van der Waals surface area contributed by atoms with Crippen LogP contribution in [-0.2, 0) is 0 Å². The van der Waals surface area contributed by atoms with Crippen LogP contribution < -0.4 is 5.32 Å². The summed E-state index contributed by atoms with van der Waals surface area (Å²) in [5.41, 5.74) is 0.444. The minimum absolute atomic E-state index is 0.0700. The lowest BCUT2D eigenvalue weighted by Crippen LogP contribution is -2.30. The summed E-state index contributed by atoms with van der Waals surface area (Å²) in [6, 6.07) is 5.44. The number of rotatable bonds is 5. The first-order valence-corrected chi connectivity index (χ1v) is 6.10. The maximum atomic E-state index is 12.7. The van der Waals surface area contributed by atoms with Crippen molar-refractivity contribution in [3.05, 3.63) is 35.6 Å². The van der Waals surface area contributed by atoms with Gasteiger partial charge >= 0.3 is 0 Å². The number of amides is 1. The Hall–Kier alpha value is -1.09. The molecule has 0 bridgehead atoms. The molecule has 94 valence electrons. The average Bonchev–Trinajstić information content (AvgIpc) is 2.26. The fourth-order valence-corrected chi connectivity index (χ4v) is 1.94. The van der Waals surface area contributed by atoms with Gasteiger partial charge in [-0.1, -0.05) is 13.8 Å². The van der Waals surface area contributed by atoms with Crippen LogP contribution in [0.25, 0.3) is 0 Å². The van der Waals surface area contributed by atoms with Gasteiger partial charge in [-0.15, -0.1) is 11.6 Å². The van der Waals surface area contributed by atoms with Crippen molar-refractivity contribution >= 4 is 17.5 Å². The van der Waals surface area contributed by atoms with Crippen LogP contribution in [0.3, 0.4) is 0 Å². The zero-order valence-corrected chi connectivity index (χ0v) is 10.8. The quantitative estimate of drug-likeness (QED) is 0.807. The van der Waals surface area contributed by atoms with E-state index in [1.54, 1.807) is 0 Å². The Morgan fingerprint density at radius 2 is 1.94 bits per heavy atom. The van der Waals surface area contributed by atoms with E-state index in [9.17, 15) is 9.18 Å². The molecule has 1 aromatic carbocycles. The molecule has 0 saturated heterocycles. The van der Waals surface area contributed by atoms with E-state index >= 15 is 0 Å². The summed E-state index contributed by atoms with van der Waals surface area (Å²) in [5, 5.41) is 2.66. The molecular weight excluding hydrogens is 241 g/mol. The van der Waals surface area contributed by atoms with Crippen LogP contribution in [0.4, 0.5) is 4.39 Å². The highest BCUT2D eigenvalue weighted by Crippen LogP contribution is 2.10. The number of nitrogens with one attached hydrogen (secondary N) is 1. The van der Waals surface area contributed by atoms with E-state index in [4.69, 9.17) is 11.6 Å².